The number of rotatable bonds is 1. The average molecular weight is 245 g/mol. The Morgan fingerprint density at radius 3 is 2.00 bits per heavy atom. The zero-order valence-electron chi connectivity index (χ0n) is 11.5. The monoisotopic (exact) mass is 245 g/mol. The second-order valence-electron chi connectivity index (χ2n) is 6.15. The summed E-state index contributed by atoms with van der Waals surface area (Å²) in [6.45, 7) is 4.22. The summed E-state index contributed by atoms with van der Waals surface area (Å²) in [7, 11) is 0. The van der Waals surface area contributed by atoms with E-state index >= 15 is 0 Å². The molecule has 2 nitrogen and oxygen atoms in total. The molecule has 98 valence electrons. The number of hydrogen-bond acceptors (Lipinski definition) is 2. The number of hydrogen-bond donors (Lipinski definition) is 2. The first-order valence-electron chi connectivity index (χ1n) is 7.18. The molecule has 1 saturated carbocycles. The molecule has 2 heteroatoms. The predicted octanol–water partition coefficient (Wildman–Crippen LogP) is 3.23. The summed E-state index contributed by atoms with van der Waals surface area (Å²) >= 11 is 0. The minimum absolute atomic E-state index is 0.259. The molecule has 1 aromatic rings. The van der Waals surface area contributed by atoms with E-state index in [1.54, 1.807) is 0 Å². The molecular weight excluding hydrogens is 222 g/mol. The minimum atomic E-state index is -0.259. The average Bonchev–Trinajstić information content (AvgIpc) is 2.34. The second kappa shape index (κ2) is 3.99. The van der Waals surface area contributed by atoms with Crippen molar-refractivity contribution in [1.29, 1.82) is 0 Å². The molecule has 0 spiro atoms. The van der Waals surface area contributed by atoms with Crippen LogP contribution in [0, 0.1) is 13.8 Å². The Labute approximate surface area is 109 Å². The maximum Gasteiger partial charge on any atom is 0.124 e. The van der Waals surface area contributed by atoms with Gasteiger partial charge in [0.25, 0.3) is 0 Å². The van der Waals surface area contributed by atoms with Crippen molar-refractivity contribution in [2.24, 2.45) is 5.73 Å². The Morgan fingerprint density at radius 2 is 1.50 bits per heavy atom. The van der Waals surface area contributed by atoms with E-state index in [2.05, 4.69) is 13.8 Å². The second-order valence-corrected chi connectivity index (χ2v) is 6.15. The van der Waals surface area contributed by atoms with Gasteiger partial charge in [-0.3, -0.25) is 0 Å². The molecular formula is C16H23NO. The van der Waals surface area contributed by atoms with Gasteiger partial charge in [0.15, 0.2) is 0 Å². The smallest absolute Gasteiger partial charge is 0.124 e. The van der Waals surface area contributed by atoms with Crippen molar-refractivity contribution < 1.29 is 5.11 Å². The number of fused-ring (bicyclic) bond motifs is 1. The van der Waals surface area contributed by atoms with Crippen LogP contribution in [0.15, 0.2) is 0 Å². The summed E-state index contributed by atoms with van der Waals surface area (Å²) in [5.41, 5.74) is 12.5. The third-order valence-corrected chi connectivity index (χ3v) is 5.08. The minimum Gasteiger partial charge on any atom is -0.507 e. The maximum absolute atomic E-state index is 10.6. The molecule has 0 bridgehead atoms. The van der Waals surface area contributed by atoms with Crippen molar-refractivity contribution in [3.8, 4) is 5.75 Å². The maximum atomic E-state index is 10.6. The molecule has 0 atom stereocenters. The molecule has 1 fully saturated rings. The molecule has 0 aromatic heterocycles. The quantitative estimate of drug-likeness (QED) is 0.798. The van der Waals surface area contributed by atoms with Gasteiger partial charge in [-0.25, -0.2) is 0 Å². The Hall–Kier alpha value is -1.02. The number of phenols is 1. The molecule has 0 amide bonds. The molecule has 0 saturated heterocycles. The molecule has 18 heavy (non-hydrogen) atoms. The molecule has 1 aromatic carbocycles. The predicted molar refractivity (Wildman–Crippen MR) is 73.9 cm³/mol. The van der Waals surface area contributed by atoms with Crippen LogP contribution in [-0.4, -0.2) is 5.11 Å². The van der Waals surface area contributed by atoms with Crippen LogP contribution >= 0.6 is 0 Å². The standard InChI is InChI=1S/C16H23NO/c1-10-12-6-3-4-7-13(12)11(2)15(18)14(10)16(17)8-5-9-16/h18H,3-9,17H2,1-2H3. The third kappa shape index (κ3) is 1.51. The Kier molecular flexibility index (Phi) is 2.67. The zero-order valence-corrected chi connectivity index (χ0v) is 11.5. The van der Waals surface area contributed by atoms with Crippen molar-refractivity contribution in [2.45, 2.75) is 64.3 Å². The Balaban J connectivity index is 2.23. The van der Waals surface area contributed by atoms with Crippen LogP contribution in [0.4, 0.5) is 0 Å². The van der Waals surface area contributed by atoms with E-state index in [4.69, 9.17) is 5.73 Å². The van der Waals surface area contributed by atoms with Gasteiger partial charge in [0.1, 0.15) is 5.75 Å². The number of nitrogens with two attached hydrogens (primary N) is 1. The van der Waals surface area contributed by atoms with E-state index in [-0.39, 0.29) is 5.54 Å². The highest BCUT2D eigenvalue weighted by atomic mass is 16.3. The summed E-state index contributed by atoms with van der Waals surface area (Å²) in [6, 6.07) is 0. The summed E-state index contributed by atoms with van der Waals surface area (Å²) in [6.07, 6.45) is 8.01. The first-order chi connectivity index (χ1) is 8.54. The largest absolute Gasteiger partial charge is 0.507 e. The fourth-order valence-electron chi connectivity index (χ4n) is 3.81. The van der Waals surface area contributed by atoms with Gasteiger partial charge in [0.2, 0.25) is 0 Å². The molecule has 0 heterocycles. The van der Waals surface area contributed by atoms with Gasteiger partial charge in [-0.15, -0.1) is 0 Å². The number of phenolic OH excluding ortho intramolecular Hbond substituents is 1. The van der Waals surface area contributed by atoms with E-state index in [9.17, 15) is 5.11 Å². The fourth-order valence-corrected chi connectivity index (χ4v) is 3.81. The highest BCUT2D eigenvalue weighted by Crippen LogP contribution is 2.47. The third-order valence-electron chi connectivity index (χ3n) is 5.08. The van der Waals surface area contributed by atoms with Gasteiger partial charge in [0, 0.05) is 11.1 Å². The van der Waals surface area contributed by atoms with Crippen LogP contribution in [-0.2, 0) is 18.4 Å². The van der Waals surface area contributed by atoms with Crippen molar-refractivity contribution in [3.63, 3.8) is 0 Å². The number of aromatic hydroxyl groups is 1. The van der Waals surface area contributed by atoms with Crippen LogP contribution in [0.3, 0.4) is 0 Å². The first kappa shape index (κ1) is 12.0. The van der Waals surface area contributed by atoms with E-state index in [0.29, 0.717) is 5.75 Å². The van der Waals surface area contributed by atoms with Crippen LogP contribution in [0.1, 0.15) is 59.9 Å². The van der Waals surface area contributed by atoms with Crippen LogP contribution < -0.4 is 5.73 Å². The van der Waals surface area contributed by atoms with Crippen molar-refractivity contribution in [1.82, 2.24) is 0 Å². The van der Waals surface area contributed by atoms with Crippen molar-refractivity contribution in [3.05, 3.63) is 27.8 Å². The van der Waals surface area contributed by atoms with Crippen molar-refractivity contribution >= 4 is 0 Å². The Bertz CT molecular complexity index is 501. The fraction of sp³-hybridized carbons (Fsp3) is 0.625. The molecule has 3 N–H and O–H groups in total. The summed E-state index contributed by atoms with van der Waals surface area (Å²) in [5, 5.41) is 10.6. The molecule has 0 unspecified atom stereocenters. The summed E-state index contributed by atoms with van der Waals surface area (Å²) in [5.74, 6) is 0.482. The topological polar surface area (TPSA) is 46.2 Å². The summed E-state index contributed by atoms with van der Waals surface area (Å²) < 4.78 is 0. The zero-order chi connectivity index (χ0) is 12.9. The van der Waals surface area contributed by atoms with Crippen LogP contribution in [0.2, 0.25) is 0 Å². The highest BCUT2D eigenvalue weighted by Gasteiger charge is 2.39. The van der Waals surface area contributed by atoms with E-state index in [0.717, 1.165) is 36.8 Å². The first-order valence-corrected chi connectivity index (χ1v) is 7.18. The van der Waals surface area contributed by atoms with Crippen LogP contribution in [0.5, 0.6) is 5.75 Å². The highest BCUT2D eigenvalue weighted by molar-refractivity contribution is 5.58. The van der Waals surface area contributed by atoms with Crippen molar-refractivity contribution in [2.75, 3.05) is 0 Å². The van der Waals surface area contributed by atoms with E-state index in [1.807, 2.05) is 0 Å². The molecule has 0 radical (unpaired) electrons. The normalized spacial score (nSPS) is 21.3. The lowest BCUT2D eigenvalue weighted by Crippen LogP contribution is -2.44. The SMILES string of the molecule is Cc1c(O)c(C2(N)CCC2)c(C)c2c1CCCC2. The van der Waals surface area contributed by atoms with Gasteiger partial charge in [0.05, 0.1) is 0 Å². The molecule has 3 rings (SSSR count). The van der Waals surface area contributed by atoms with E-state index in [1.165, 1.54) is 36.0 Å². The lowest BCUT2D eigenvalue weighted by Gasteiger charge is -2.41. The van der Waals surface area contributed by atoms with Crippen LogP contribution in [0.25, 0.3) is 0 Å². The van der Waals surface area contributed by atoms with Gasteiger partial charge < -0.3 is 10.8 Å². The van der Waals surface area contributed by atoms with E-state index < -0.39 is 0 Å². The van der Waals surface area contributed by atoms with Gasteiger partial charge in [-0.05, 0) is 81.0 Å². The van der Waals surface area contributed by atoms with Gasteiger partial charge in [-0.2, -0.15) is 0 Å². The van der Waals surface area contributed by atoms with Gasteiger partial charge >= 0.3 is 0 Å². The lowest BCUT2D eigenvalue weighted by atomic mass is 9.68. The number of benzene rings is 1. The molecule has 2 aliphatic rings. The van der Waals surface area contributed by atoms with Gasteiger partial charge in [-0.1, -0.05) is 0 Å². The molecule has 0 aliphatic heterocycles. The summed E-state index contributed by atoms with van der Waals surface area (Å²) in [4.78, 5) is 0. The Morgan fingerprint density at radius 1 is 0.944 bits per heavy atom. The lowest BCUT2D eigenvalue weighted by molar-refractivity contribution is 0.243. The molecule has 2 aliphatic carbocycles.